The van der Waals surface area contributed by atoms with Crippen molar-refractivity contribution in [3.63, 3.8) is 0 Å². The number of nitro benzene ring substituents is 1. The number of benzene rings is 2. The second-order valence-corrected chi connectivity index (χ2v) is 9.04. The van der Waals surface area contributed by atoms with Gasteiger partial charge in [0.2, 0.25) is 0 Å². The molecule has 196 valence electrons. The highest BCUT2D eigenvalue weighted by Crippen LogP contribution is 2.34. The minimum Gasteiger partial charge on any atom is -0.497 e. The van der Waals surface area contributed by atoms with Gasteiger partial charge in [-0.2, -0.15) is 0 Å². The lowest BCUT2D eigenvalue weighted by atomic mass is 10.1. The topological polar surface area (TPSA) is 143 Å². The first-order valence-electron chi connectivity index (χ1n) is 11.4. The van der Waals surface area contributed by atoms with Gasteiger partial charge in [-0.15, -0.1) is 10.2 Å². The summed E-state index contributed by atoms with van der Waals surface area (Å²) in [6.45, 7) is 4.03. The molecule has 0 bridgehead atoms. The molecular weight excluding hydrogens is 512 g/mol. The van der Waals surface area contributed by atoms with Crippen LogP contribution < -0.4 is 9.47 Å². The van der Waals surface area contributed by atoms with Crippen LogP contribution in [0.5, 0.6) is 11.5 Å². The summed E-state index contributed by atoms with van der Waals surface area (Å²) >= 11 is 0.931. The number of nitro groups is 1. The van der Waals surface area contributed by atoms with Crippen molar-refractivity contribution in [2.45, 2.75) is 25.5 Å². The molecule has 0 saturated carbocycles. The number of carbonyl (C=O) groups is 1. The molecule has 1 N–H and O–H groups in total. The Bertz CT molecular complexity index is 1520. The van der Waals surface area contributed by atoms with E-state index in [-0.39, 0.29) is 16.4 Å². The number of rotatable bonds is 10. The highest BCUT2D eigenvalue weighted by atomic mass is 32.2. The molecule has 0 radical (unpaired) electrons. The highest BCUT2D eigenvalue weighted by Gasteiger charge is 2.20. The number of nitrogens with zero attached hydrogens (tertiary/aromatic N) is 4. The second kappa shape index (κ2) is 11.2. The lowest BCUT2D eigenvalue weighted by Crippen LogP contribution is -2.03. The molecule has 0 saturated heterocycles. The summed E-state index contributed by atoms with van der Waals surface area (Å²) in [5.41, 5.74) is 1.71. The first-order chi connectivity index (χ1) is 18.2. The van der Waals surface area contributed by atoms with Gasteiger partial charge in [-0.25, -0.2) is 4.79 Å². The minimum absolute atomic E-state index is 0.0267. The molecule has 0 unspecified atom stereocenters. The number of aryl methyl sites for hydroxylation is 1. The van der Waals surface area contributed by atoms with Gasteiger partial charge in [0.05, 0.1) is 19.1 Å². The number of methoxy groups -OCH3 is 2. The Morgan fingerprint density at radius 1 is 1.11 bits per heavy atom. The van der Waals surface area contributed by atoms with Crippen LogP contribution in [0.2, 0.25) is 0 Å². The summed E-state index contributed by atoms with van der Waals surface area (Å²) in [5.74, 6) is 1.16. The van der Waals surface area contributed by atoms with Gasteiger partial charge in [-0.05, 0) is 49.9 Å². The Hall–Kier alpha value is -4.58. The number of hydrogen-bond acceptors (Lipinski definition) is 9. The van der Waals surface area contributed by atoms with Gasteiger partial charge < -0.3 is 23.6 Å². The fourth-order valence-electron chi connectivity index (χ4n) is 3.71. The number of hydrogen-bond donors (Lipinski definition) is 1. The van der Waals surface area contributed by atoms with Crippen LogP contribution in [0.3, 0.4) is 0 Å². The third-order valence-corrected chi connectivity index (χ3v) is 6.64. The van der Waals surface area contributed by atoms with Crippen LogP contribution in [0.15, 0.2) is 63.0 Å². The molecule has 38 heavy (non-hydrogen) atoms. The van der Waals surface area contributed by atoms with Gasteiger partial charge in [-0.3, -0.25) is 10.1 Å². The molecule has 0 amide bonds. The van der Waals surface area contributed by atoms with Crippen LogP contribution in [0.1, 0.15) is 18.2 Å². The zero-order valence-corrected chi connectivity index (χ0v) is 21.8. The van der Waals surface area contributed by atoms with Crippen molar-refractivity contribution in [3.8, 4) is 34.2 Å². The van der Waals surface area contributed by atoms with Gasteiger partial charge in [0, 0.05) is 41.4 Å². The molecule has 0 spiro atoms. The smallest absolute Gasteiger partial charge is 0.342 e. The van der Waals surface area contributed by atoms with E-state index in [4.69, 9.17) is 13.9 Å². The zero-order valence-electron chi connectivity index (χ0n) is 21.0. The molecule has 4 rings (SSSR count). The predicted molar refractivity (Wildman–Crippen MR) is 141 cm³/mol. The molecule has 2 heterocycles. The fraction of sp³-hybridized carbons (Fsp3) is 0.192. The summed E-state index contributed by atoms with van der Waals surface area (Å²) in [7, 11) is 3.10. The monoisotopic (exact) mass is 536 g/mol. The Morgan fingerprint density at radius 2 is 1.82 bits per heavy atom. The third-order valence-electron chi connectivity index (χ3n) is 5.65. The predicted octanol–water partition coefficient (Wildman–Crippen LogP) is 5.68. The average Bonchev–Trinajstić information content (AvgIpc) is 3.54. The third kappa shape index (κ3) is 5.54. The minimum atomic E-state index is -1.17. The van der Waals surface area contributed by atoms with Crippen LogP contribution in [0.4, 0.5) is 5.69 Å². The normalized spacial score (nSPS) is 11.4. The van der Waals surface area contributed by atoms with Crippen molar-refractivity contribution in [3.05, 3.63) is 74.9 Å². The number of ether oxygens (including phenoxy) is 2. The molecule has 0 atom stereocenters. The van der Waals surface area contributed by atoms with Crippen molar-refractivity contribution in [2.75, 3.05) is 14.2 Å². The van der Waals surface area contributed by atoms with Crippen LogP contribution in [-0.4, -0.2) is 45.0 Å². The summed E-state index contributed by atoms with van der Waals surface area (Å²) in [6, 6.07) is 13.3. The molecule has 11 nitrogen and oxygen atoms in total. The average molecular weight is 537 g/mol. The lowest BCUT2D eigenvalue weighted by molar-refractivity contribution is -0.385. The SMILES string of the molecule is CCn1c(S/C(=C\c2ccc(-c3ccc(C)c([N+](=O)[O-])c3)o2)C(=O)O)nnc1-c1cc(OC)cc(OC)c1. The van der Waals surface area contributed by atoms with Crippen LogP contribution in [-0.2, 0) is 11.3 Å². The Labute approximate surface area is 221 Å². The Balaban J connectivity index is 1.65. The van der Waals surface area contributed by atoms with E-state index in [9.17, 15) is 20.0 Å². The van der Waals surface area contributed by atoms with E-state index in [0.29, 0.717) is 51.5 Å². The quantitative estimate of drug-likeness (QED) is 0.116. The van der Waals surface area contributed by atoms with Crippen molar-refractivity contribution in [1.82, 2.24) is 14.8 Å². The summed E-state index contributed by atoms with van der Waals surface area (Å²) in [4.78, 5) is 22.9. The van der Waals surface area contributed by atoms with Crippen LogP contribution in [0.25, 0.3) is 28.8 Å². The largest absolute Gasteiger partial charge is 0.497 e. The highest BCUT2D eigenvalue weighted by molar-refractivity contribution is 8.04. The number of carboxylic acid groups (broad SMARTS) is 1. The Kier molecular flexibility index (Phi) is 7.82. The fourth-order valence-corrected chi connectivity index (χ4v) is 4.57. The molecular formula is C26H24N4O7S. The van der Waals surface area contributed by atoms with Gasteiger partial charge in [0.15, 0.2) is 11.0 Å². The van der Waals surface area contributed by atoms with Crippen molar-refractivity contribution in [2.24, 2.45) is 0 Å². The van der Waals surface area contributed by atoms with Crippen molar-refractivity contribution >= 4 is 29.5 Å². The van der Waals surface area contributed by atoms with Gasteiger partial charge in [0.25, 0.3) is 5.69 Å². The van der Waals surface area contributed by atoms with Gasteiger partial charge in [0.1, 0.15) is 27.9 Å². The first-order valence-corrected chi connectivity index (χ1v) is 12.2. The van der Waals surface area contributed by atoms with E-state index in [0.717, 1.165) is 11.8 Å². The van der Waals surface area contributed by atoms with Gasteiger partial charge in [-0.1, -0.05) is 12.1 Å². The van der Waals surface area contributed by atoms with Crippen molar-refractivity contribution < 1.29 is 28.7 Å². The van der Waals surface area contributed by atoms with E-state index in [2.05, 4.69) is 10.2 Å². The van der Waals surface area contributed by atoms with E-state index in [1.807, 2.05) is 6.92 Å². The maximum absolute atomic E-state index is 12.1. The molecule has 2 aromatic heterocycles. The van der Waals surface area contributed by atoms with Crippen LogP contribution >= 0.6 is 11.8 Å². The standard InChI is InChI=1S/C26H24N4O7S/c1-5-29-24(17-10-19(35-3)13-20(11-17)36-4)27-28-26(29)38-23(25(31)32)14-18-8-9-22(37-18)16-7-6-15(2)21(12-16)30(33)34/h6-14H,5H2,1-4H3,(H,31,32)/b23-14-. The number of carboxylic acids is 1. The van der Waals surface area contributed by atoms with Crippen LogP contribution in [0, 0.1) is 17.0 Å². The maximum Gasteiger partial charge on any atom is 0.342 e. The summed E-state index contributed by atoms with van der Waals surface area (Å²) in [5, 5.41) is 30.0. The molecule has 4 aromatic rings. The molecule has 0 fully saturated rings. The number of thioether (sulfide) groups is 1. The second-order valence-electron chi connectivity index (χ2n) is 8.03. The van der Waals surface area contributed by atoms with E-state index < -0.39 is 10.9 Å². The molecule has 2 aromatic carbocycles. The number of aliphatic carboxylic acids is 1. The summed E-state index contributed by atoms with van der Waals surface area (Å²) < 4.78 is 18.3. The van der Waals surface area contributed by atoms with E-state index >= 15 is 0 Å². The van der Waals surface area contributed by atoms with E-state index in [1.165, 1.54) is 12.1 Å². The molecule has 0 aliphatic carbocycles. The van der Waals surface area contributed by atoms with Gasteiger partial charge >= 0.3 is 5.97 Å². The molecule has 12 heteroatoms. The number of aromatic nitrogens is 3. The molecule has 0 aliphatic rings. The molecule has 0 aliphatic heterocycles. The first kappa shape index (κ1) is 26.5. The van der Waals surface area contributed by atoms with Crippen molar-refractivity contribution in [1.29, 1.82) is 0 Å². The number of furan rings is 1. The summed E-state index contributed by atoms with van der Waals surface area (Å²) in [6.07, 6.45) is 1.38. The van der Waals surface area contributed by atoms with E-state index in [1.54, 1.807) is 68.2 Å². The maximum atomic E-state index is 12.1. The Morgan fingerprint density at radius 3 is 2.42 bits per heavy atom. The lowest BCUT2D eigenvalue weighted by Gasteiger charge is -2.10. The zero-order chi connectivity index (χ0) is 27.4.